The second-order valence-electron chi connectivity index (χ2n) is 6.10. The lowest BCUT2D eigenvalue weighted by atomic mass is 9.86. The van der Waals surface area contributed by atoms with E-state index in [-0.39, 0.29) is 5.92 Å². The molecule has 3 rings (SSSR count). The maximum absolute atomic E-state index is 11.2. The Balaban J connectivity index is 1.84. The molecule has 0 amide bonds. The second kappa shape index (κ2) is 5.60. The molecule has 114 valence electrons. The summed E-state index contributed by atoms with van der Waals surface area (Å²) in [5.74, 6) is -0.175. The zero-order chi connectivity index (χ0) is 15.0. The molecule has 2 aliphatic rings. The fourth-order valence-electron chi connectivity index (χ4n) is 3.13. The molecule has 6 nitrogen and oxygen atoms in total. The number of carboxylic acids is 1. The van der Waals surface area contributed by atoms with Crippen LogP contribution in [0.2, 0.25) is 0 Å². The molecule has 1 aliphatic heterocycles. The van der Waals surface area contributed by atoms with Crippen molar-refractivity contribution in [2.75, 3.05) is 38.1 Å². The molecule has 21 heavy (non-hydrogen) atoms. The Labute approximate surface area is 124 Å². The van der Waals surface area contributed by atoms with Crippen molar-refractivity contribution in [3.63, 3.8) is 0 Å². The van der Waals surface area contributed by atoms with E-state index in [1.165, 1.54) is 0 Å². The summed E-state index contributed by atoms with van der Waals surface area (Å²) >= 11 is 0. The summed E-state index contributed by atoms with van der Waals surface area (Å²) in [6.07, 6.45) is 2.00. The van der Waals surface area contributed by atoms with Gasteiger partial charge in [0.05, 0.1) is 5.92 Å². The van der Waals surface area contributed by atoms with E-state index >= 15 is 0 Å². The van der Waals surface area contributed by atoms with Crippen molar-refractivity contribution >= 4 is 11.9 Å². The van der Waals surface area contributed by atoms with Gasteiger partial charge in [-0.25, -0.2) is 9.97 Å². The van der Waals surface area contributed by atoms with Crippen LogP contribution in [0.3, 0.4) is 0 Å². The molecule has 1 N–H and O–H groups in total. The van der Waals surface area contributed by atoms with Gasteiger partial charge >= 0.3 is 5.97 Å². The van der Waals surface area contributed by atoms with E-state index < -0.39 is 5.97 Å². The number of aliphatic carboxylic acids is 1. The Kier molecular flexibility index (Phi) is 3.80. The average molecular weight is 290 g/mol. The van der Waals surface area contributed by atoms with Crippen LogP contribution in [0.4, 0.5) is 5.95 Å². The molecular formula is C15H22N4O2. The molecule has 1 unspecified atom stereocenters. The molecule has 1 aromatic heterocycles. The predicted molar refractivity (Wildman–Crippen MR) is 79.6 cm³/mol. The van der Waals surface area contributed by atoms with Gasteiger partial charge in [-0.2, -0.15) is 0 Å². The van der Waals surface area contributed by atoms with E-state index in [0.29, 0.717) is 12.8 Å². The normalized spacial score (nSPS) is 23.0. The van der Waals surface area contributed by atoms with Crippen LogP contribution in [0, 0.1) is 12.8 Å². The highest BCUT2D eigenvalue weighted by molar-refractivity contribution is 5.71. The highest BCUT2D eigenvalue weighted by atomic mass is 16.4. The predicted octanol–water partition coefficient (Wildman–Crippen LogP) is 0.726. The molecule has 2 heterocycles. The molecule has 1 aliphatic carbocycles. The Bertz CT molecular complexity index is 553. The summed E-state index contributed by atoms with van der Waals surface area (Å²) in [6.45, 7) is 5.93. The number of anilines is 1. The highest BCUT2D eigenvalue weighted by Crippen LogP contribution is 2.28. The van der Waals surface area contributed by atoms with Gasteiger partial charge in [-0.1, -0.05) is 0 Å². The van der Waals surface area contributed by atoms with Crippen LogP contribution in [-0.2, 0) is 17.6 Å². The molecule has 0 aromatic carbocycles. The third-order valence-corrected chi connectivity index (χ3v) is 4.60. The first kappa shape index (κ1) is 14.3. The van der Waals surface area contributed by atoms with Crippen molar-refractivity contribution in [3.05, 3.63) is 17.0 Å². The zero-order valence-corrected chi connectivity index (χ0v) is 12.7. The lowest BCUT2D eigenvalue weighted by Gasteiger charge is -2.33. The molecule has 0 radical (unpaired) electrons. The van der Waals surface area contributed by atoms with Gasteiger partial charge in [-0.15, -0.1) is 0 Å². The summed E-state index contributed by atoms with van der Waals surface area (Å²) < 4.78 is 0. The summed E-state index contributed by atoms with van der Waals surface area (Å²) in [5.41, 5.74) is 3.04. The number of nitrogens with zero attached hydrogens (tertiary/aromatic N) is 4. The first-order valence-corrected chi connectivity index (χ1v) is 7.57. The van der Waals surface area contributed by atoms with Crippen LogP contribution >= 0.6 is 0 Å². The monoisotopic (exact) mass is 290 g/mol. The number of likely N-dealkylation sites (N-methyl/N-ethyl adjacent to an activating group) is 1. The van der Waals surface area contributed by atoms with Crippen molar-refractivity contribution in [2.45, 2.75) is 26.2 Å². The number of hydrogen-bond acceptors (Lipinski definition) is 5. The zero-order valence-electron chi connectivity index (χ0n) is 12.7. The maximum Gasteiger partial charge on any atom is 0.306 e. The summed E-state index contributed by atoms with van der Waals surface area (Å²) in [5, 5.41) is 9.18. The van der Waals surface area contributed by atoms with Gasteiger partial charge in [-0.05, 0) is 38.8 Å². The van der Waals surface area contributed by atoms with Gasteiger partial charge in [0, 0.05) is 37.6 Å². The van der Waals surface area contributed by atoms with Gasteiger partial charge in [0.2, 0.25) is 5.95 Å². The number of aryl methyl sites for hydroxylation is 2. The van der Waals surface area contributed by atoms with E-state index in [1.54, 1.807) is 0 Å². The van der Waals surface area contributed by atoms with Crippen molar-refractivity contribution in [1.29, 1.82) is 0 Å². The molecule has 1 aromatic rings. The molecule has 0 saturated carbocycles. The lowest BCUT2D eigenvalue weighted by molar-refractivity contribution is -0.142. The van der Waals surface area contributed by atoms with Crippen molar-refractivity contribution in [2.24, 2.45) is 5.92 Å². The van der Waals surface area contributed by atoms with Gasteiger partial charge in [0.15, 0.2) is 0 Å². The van der Waals surface area contributed by atoms with Crippen LogP contribution < -0.4 is 4.90 Å². The molecule has 1 atom stereocenters. The van der Waals surface area contributed by atoms with E-state index in [9.17, 15) is 9.90 Å². The van der Waals surface area contributed by atoms with Crippen molar-refractivity contribution in [3.8, 4) is 0 Å². The van der Waals surface area contributed by atoms with Gasteiger partial charge in [-0.3, -0.25) is 4.79 Å². The van der Waals surface area contributed by atoms with Crippen LogP contribution in [0.25, 0.3) is 0 Å². The SMILES string of the molecule is Cc1nc(N2CCN(C)CC2)nc2c1CC(C(=O)O)CC2. The first-order valence-electron chi connectivity index (χ1n) is 7.57. The van der Waals surface area contributed by atoms with Crippen LogP contribution in [0.5, 0.6) is 0 Å². The topological polar surface area (TPSA) is 69.6 Å². The van der Waals surface area contributed by atoms with Crippen LogP contribution in [0.15, 0.2) is 0 Å². The van der Waals surface area contributed by atoms with Gasteiger partial charge < -0.3 is 14.9 Å². The average Bonchev–Trinajstić information content (AvgIpc) is 2.47. The minimum atomic E-state index is -0.705. The number of carboxylic acid groups (broad SMARTS) is 1. The minimum absolute atomic E-state index is 0.283. The van der Waals surface area contributed by atoms with Crippen LogP contribution in [0.1, 0.15) is 23.4 Å². The number of fused-ring (bicyclic) bond motifs is 1. The molecule has 1 saturated heterocycles. The molecule has 0 spiro atoms. The summed E-state index contributed by atoms with van der Waals surface area (Å²) in [4.78, 5) is 25.1. The third kappa shape index (κ3) is 2.85. The van der Waals surface area contributed by atoms with Gasteiger partial charge in [0.1, 0.15) is 0 Å². The number of aromatic nitrogens is 2. The number of rotatable bonds is 2. The maximum atomic E-state index is 11.2. The van der Waals surface area contributed by atoms with Gasteiger partial charge in [0.25, 0.3) is 0 Å². The summed E-state index contributed by atoms with van der Waals surface area (Å²) in [7, 11) is 2.13. The Morgan fingerprint density at radius 3 is 2.62 bits per heavy atom. The van der Waals surface area contributed by atoms with E-state index in [4.69, 9.17) is 4.98 Å². The highest BCUT2D eigenvalue weighted by Gasteiger charge is 2.28. The molecular weight excluding hydrogens is 268 g/mol. The summed E-state index contributed by atoms with van der Waals surface area (Å²) in [6, 6.07) is 0. The van der Waals surface area contributed by atoms with Crippen molar-refractivity contribution in [1.82, 2.24) is 14.9 Å². The lowest BCUT2D eigenvalue weighted by Crippen LogP contribution is -2.45. The minimum Gasteiger partial charge on any atom is -0.481 e. The van der Waals surface area contributed by atoms with E-state index in [0.717, 1.165) is 55.5 Å². The first-order chi connectivity index (χ1) is 10.0. The fraction of sp³-hybridized carbons (Fsp3) is 0.667. The Hall–Kier alpha value is -1.69. The Morgan fingerprint density at radius 1 is 1.24 bits per heavy atom. The molecule has 6 heteroatoms. The fourth-order valence-corrected chi connectivity index (χ4v) is 3.13. The number of hydrogen-bond donors (Lipinski definition) is 1. The van der Waals surface area contributed by atoms with E-state index in [2.05, 4.69) is 21.8 Å². The third-order valence-electron chi connectivity index (χ3n) is 4.60. The van der Waals surface area contributed by atoms with Crippen LogP contribution in [-0.4, -0.2) is 59.2 Å². The number of carbonyl (C=O) groups is 1. The Morgan fingerprint density at radius 2 is 1.95 bits per heavy atom. The molecule has 1 fully saturated rings. The van der Waals surface area contributed by atoms with E-state index in [1.807, 2.05) is 6.92 Å². The smallest absolute Gasteiger partial charge is 0.306 e. The number of piperazine rings is 1. The van der Waals surface area contributed by atoms with Crippen molar-refractivity contribution < 1.29 is 9.90 Å². The largest absolute Gasteiger partial charge is 0.481 e. The molecule has 0 bridgehead atoms. The second-order valence-corrected chi connectivity index (χ2v) is 6.10. The quantitative estimate of drug-likeness (QED) is 0.866. The standard InChI is InChI=1S/C15H22N4O2/c1-10-12-9-11(14(20)21)3-4-13(12)17-15(16-10)19-7-5-18(2)6-8-19/h11H,3-9H2,1-2H3,(H,20,21).